The second-order valence-corrected chi connectivity index (χ2v) is 5.40. The van der Waals surface area contributed by atoms with E-state index in [2.05, 4.69) is 10.3 Å². The first-order valence-electron chi connectivity index (χ1n) is 5.62. The summed E-state index contributed by atoms with van der Waals surface area (Å²) in [5.41, 5.74) is 1.39. The summed E-state index contributed by atoms with van der Waals surface area (Å²) >= 11 is 7.41. The van der Waals surface area contributed by atoms with Crippen LogP contribution >= 0.6 is 22.9 Å². The Labute approximate surface area is 120 Å². The lowest BCUT2D eigenvalue weighted by atomic mass is 10.2. The average molecular weight is 297 g/mol. The highest BCUT2D eigenvalue weighted by molar-refractivity contribution is 7.09. The van der Waals surface area contributed by atoms with E-state index in [1.165, 1.54) is 18.4 Å². The molecule has 0 fully saturated rings. The van der Waals surface area contributed by atoms with Crippen molar-refractivity contribution in [1.82, 2.24) is 4.98 Å². The third-order valence-electron chi connectivity index (χ3n) is 2.51. The second kappa shape index (κ2) is 6.04. The molecule has 1 N–H and O–H groups in total. The molecule has 0 spiro atoms. The van der Waals surface area contributed by atoms with Gasteiger partial charge in [-0.3, -0.25) is 0 Å². The number of esters is 1. The van der Waals surface area contributed by atoms with Gasteiger partial charge in [0.1, 0.15) is 0 Å². The van der Waals surface area contributed by atoms with Crippen LogP contribution in [0.25, 0.3) is 0 Å². The number of hydrogen-bond donors (Lipinski definition) is 1. The van der Waals surface area contributed by atoms with Gasteiger partial charge in [0.05, 0.1) is 17.8 Å². The number of carbonyl (C=O) groups excluding carboxylic acids is 1. The summed E-state index contributed by atoms with van der Waals surface area (Å²) in [6, 6.07) is 6.53. The molecule has 6 heteroatoms. The van der Waals surface area contributed by atoms with E-state index in [1.54, 1.807) is 12.1 Å². The lowest BCUT2D eigenvalue weighted by molar-refractivity contribution is -0.141. The summed E-state index contributed by atoms with van der Waals surface area (Å²) in [6.45, 7) is 1.89. The van der Waals surface area contributed by atoms with Gasteiger partial charge >= 0.3 is 5.97 Å². The maximum Gasteiger partial charge on any atom is 0.334 e. The molecule has 100 valence electrons. The van der Waals surface area contributed by atoms with E-state index in [0.29, 0.717) is 10.7 Å². The molecule has 19 heavy (non-hydrogen) atoms. The molecule has 0 aliphatic carbocycles. The SMILES string of the molecule is COC(=O)C(Nc1cccc(Cl)c1)c1csc(C)n1. The minimum Gasteiger partial charge on any atom is -0.467 e. The molecule has 0 aliphatic rings. The molecular weight excluding hydrogens is 284 g/mol. The number of methoxy groups -OCH3 is 1. The predicted molar refractivity (Wildman–Crippen MR) is 76.7 cm³/mol. The van der Waals surface area contributed by atoms with Crippen molar-refractivity contribution in [2.24, 2.45) is 0 Å². The van der Waals surface area contributed by atoms with Gasteiger partial charge < -0.3 is 10.1 Å². The number of thiazole rings is 1. The van der Waals surface area contributed by atoms with Gasteiger partial charge in [0.2, 0.25) is 0 Å². The summed E-state index contributed by atoms with van der Waals surface area (Å²) in [5.74, 6) is -0.384. The van der Waals surface area contributed by atoms with Crippen LogP contribution in [0.3, 0.4) is 0 Å². The second-order valence-electron chi connectivity index (χ2n) is 3.90. The molecular formula is C13H13ClN2O2S. The van der Waals surface area contributed by atoms with Gasteiger partial charge in [0, 0.05) is 16.1 Å². The van der Waals surface area contributed by atoms with Crippen molar-refractivity contribution in [3.63, 3.8) is 0 Å². The number of hydrogen-bond acceptors (Lipinski definition) is 5. The molecule has 0 radical (unpaired) electrons. The van der Waals surface area contributed by atoms with Crippen molar-refractivity contribution in [3.8, 4) is 0 Å². The molecule has 1 aromatic carbocycles. The number of anilines is 1. The van der Waals surface area contributed by atoms with Crippen LogP contribution in [0.1, 0.15) is 16.7 Å². The van der Waals surface area contributed by atoms with E-state index in [1.807, 2.05) is 24.4 Å². The van der Waals surface area contributed by atoms with Crippen LogP contribution in [-0.2, 0) is 9.53 Å². The summed E-state index contributed by atoms with van der Waals surface area (Å²) < 4.78 is 4.81. The van der Waals surface area contributed by atoms with Crippen LogP contribution in [0, 0.1) is 6.92 Å². The molecule has 0 saturated carbocycles. The Morgan fingerprint density at radius 3 is 2.89 bits per heavy atom. The van der Waals surface area contributed by atoms with E-state index in [0.717, 1.165) is 10.7 Å². The molecule has 2 aromatic rings. The number of carbonyl (C=O) groups is 1. The molecule has 0 bridgehead atoms. The van der Waals surface area contributed by atoms with Gasteiger partial charge in [-0.1, -0.05) is 17.7 Å². The standard InChI is InChI=1S/C13H13ClN2O2S/c1-8-15-11(7-19-8)12(13(17)18-2)16-10-5-3-4-9(14)6-10/h3-7,12,16H,1-2H3. The summed E-state index contributed by atoms with van der Waals surface area (Å²) in [7, 11) is 1.36. The van der Waals surface area contributed by atoms with Crippen LogP contribution in [0.4, 0.5) is 5.69 Å². The van der Waals surface area contributed by atoms with Crippen LogP contribution < -0.4 is 5.32 Å². The first kappa shape index (κ1) is 13.8. The molecule has 0 amide bonds. The van der Waals surface area contributed by atoms with Crippen molar-refractivity contribution in [1.29, 1.82) is 0 Å². The van der Waals surface area contributed by atoms with Gasteiger partial charge in [0.15, 0.2) is 6.04 Å². The Kier molecular flexibility index (Phi) is 4.39. The number of aryl methyl sites for hydroxylation is 1. The van der Waals surface area contributed by atoms with E-state index >= 15 is 0 Å². The average Bonchev–Trinajstić information content (AvgIpc) is 2.81. The third-order valence-corrected chi connectivity index (χ3v) is 3.53. The van der Waals surface area contributed by atoms with Gasteiger partial charge in [-0.2, -0.15) is 0 Å². The fraction of sp³-hybridized carbons (Fsp3) is 0.231. The lowest BCUT2D eigenvalue weighted by Crippen LogP contribution is -2.22. The summed E-state index contributed by atoms with van der Waals surface area (Å²) in [6.07, 6.45) is 0. The number of benzene rings is 1. The zero-order valence-electron chi connectivity index (χ0n) is 10.5. The highest BCUT2D eigenvalue weighted by Gasteiger charge is 2.23. The Balaban J connectivity index is 2.26. The van der Waals surface area contributed by atoms with Gasteiger partial charge in [0.25, 0.3) is 0 Å². The molecule has 1 unspecified atom stereocenters. The first-order valence-corrected chi connectivity index (χ1v) is 6.88. The third kappa shape index (κ3) is 3.45. The fourth-order valence-corrected chi connectivity index (χ4v) is 2.46. The highest BCUT2D eigenvalue weighted by Crippen LogP contribution is 2.24. The van der Waals surface area contributed by atoms with Crippen molar-refractivity contribution in [2.45, 2.75) is 13.0 Å². The Hall–Kier alpha value is -1.59. The predicted octanol–water partition coefficient (Wildman–Crippen LogP) is 3.43. The monoisotopic (exact) mass is 296 g/mol. The number of ether oxygens (including phenoxy) is 1. The molecule has 4 nitrogen and oxygen atoms in total. The quantitative estimate of drug-likeness (QED) is 0.878. The van der Waals surface area contributed by atoms with E-state index in [4.69, 9.17) is 16.3 Å². The van der Waals surface area contributed by atoms with E-state index < -0.39 is 6.04 Å². The van der Waals surface area contributed by atoms with Crippen LogP contribution in [-0.4, -0.2) is 18.1 Å². The highest BCUT2D eigenvalue weighted by atomic mass is 35.5. The minimum absolute atomic E-state index is 0.384. The van der Waals surface area contributed by atoms with Crippen molar-refractivity contribution >= 4 is 34.6 Å². The summed E-state index contributed by atoms with van der Waals surface area (Å²) in [4.78, 5) is 16.2. The molecule has 1 aromatic heterocycles. The Bertz CT molecular complexity index is 586. The number of aromatic nitrogens is 1. The van der Waals surface area contributed by atoms with Gasteiger partial charge in [-0.15, -0.1) is 11.3 Å². The van der Waals surface area contributed by atoms with Crippen molar-refractivity contribution in [3.05, 3.63) is 45.4 Å². The van der Waals surface area contributed by atoms with Gasteiger partial charge in [-0.05, 0) is 25.1 Å². The number of halogens is 1. The Morgan fingerprint density at radius 1 is 1.53 bits per heavy atom. The minimum atomic E-state index is -0.631. The topological polar surface area (TPSA) is 51.2 Å². The van der Waals surface area contributed by atoms with E-state index in [9.17, 15) is 4.79 Å². The molecule has 1 atom stereocenters. The fourth-order valence-electron chi connectivity index (χ4n) is 1.63. The first-order chi connectivity index (χ1) is 9.10. The zero-order chi connectivity index (χ0) is 13.8. The van der Waals surface area contributed by atoms with Crippen molar-refractivity contribution in [2.75, 3.05) is 12.4 Å². The maximum absolute atomic E-state index is 11.9. The van der Waals surface area contributed by atoms with Crippen LogP contribution in [0.15, 0.2) is 29.6 Å². The van der Waals surface area contributed by atoms with Crippen LogP contribution in [0.5, 0.6) is 0 Å². The molecule has 2 rings (SSSR count). The molecule has 0 aliphatic heterocycles. The molecule has 0 saturated heterocycles. The normalized spacial score (nSPS) is 11.9. The van der Waals surface area contributed by atoms with Gasteiger partial charge in [-0.25, -0.2) is 9.78 Å². The number of rotatable bonds is 4. The van der Waals surface area contributed by atoms with E-state index in [-0.39, 0.29) is 5.97 Å². The van der Waals surface area contributed by atoms with Crippen LogP contribution in [0.2, 0.25) is 5.02 Å². The zero-order valence-corrected chi connectivity index (χ0v) is 12.1. The summed E-state index contributed by atoms with van der Waals surface area (Å²) in [5, 5.41) is 6.43. The smallest absolute Gasteiger partial charge is 0.334 e. The Morgan fingerprint density at radius 2 is 2.32 bits per heavy atom. The largest absolute Gasteiger partial charge is 0.467 e. The maximum atomic E-state index is 11.9. The van der Waals surface area contributed by atoms with Crippen molar-refractivity contribution < 1.29 is 9.53 Å². The lowest BCUT2D eigenvalue weighted by Gasteiger charge is -2.15. The number of nitrogens with one attached hydrogen (secondary N) is 1. The number of nitrogens with zero attached hydrogens (tertiary/aromatic N) is 1. The molecule has 1 heterocycles.